The fourth-order valence-corrected chi connectivity index (χ4v) is 2.26. The monoisotopic (exact) mass is 276 g/mol. The molecule has 5 heteroatoms. The van der Waals surface area contributed by atoms with E-state index in [2.05, 4.69) is 20.1 Å². The van der Waals surface area contributed by atoms with Crippen LogP contribution in [0.1, 0.15) is 11.6 Å². The number of H-pyrrole nitrogens is 1. The molecule has 1 N–H and O–H groups in total. The zero-order valence-corrected chi connectivity index (χ0v) is 11.2. The van der Waals surface area contributed by atoms with Crippen LogP contribution in [0.5, 0.6) is 0 Å². The number of hydrogen-bond acceptors (Lipinski definition) is 4. The van der Waals surface area contributed by atoms with Gasteiger partial charge in [0.25, 0.3) is 5.89 Å². The maximum atomic E-state index is 5.29. The molecule has 0 saturated heterocycles. The summed E-state index contributed by atoms with van der Waals surface area (Å²) in [7, 11) is 0. The average molecular weight is 276 g/mol. The molecule has 4 aromatic rings. The molecule has 0 aliphatic heterocycles. The van der Waals surface area contributed by atoms with Crippen molar-refractivity contribution in [1.29, 1.82) is 0 Å². The highest BCUT2D eigenvalue weighted by Crippen LogP contribution is 2.17. The van der Waals surface area contributed by atoms with Gasteiger partial charge in [-0.15, -0.1) is 0 Å². The average Bonchev–Trinajstić information content (AvgIpc) is 3.14. The molecule has 0 fully saturated rings. The number of para-hydroxylation sites is 2. The van der Waals surface area contributed by atoms with E-state index in [1.165, 1.54) is 0 Å². The van der Waals surface area contributed by atoms with Crippen molar-refractivity contribution in [1.82, 2.24) is 20.1 Å². The highest BCUT2D eigenvalue weighted by Gasteiger charge is 2.11. The summed E-state index contributed by atoms with van der Waals surface area (Å²) in [6.07, 6.45) is 0.519. The van der Waals surface area contributed by atoms with Gasteiger partial charge in [0.1, 0.15) is 5.82 Å². The summed E-state index contributed by atoms with van der Waals surface area (Å²) in [5.41, 5.74) is 2.87. The second kappa shape index (κ2) is 4.86. The van der Waals surface area contributed by atoms with Crippen molar-refractivity contribution in [2.75, 3.05) is 0 Å². The Bertz CT molecular complexity index is 846. The van der Waals surface area contributed by atoms with Crippen molar-refractivity contribution in [2.24, 2.45) is 0 Å². The van der Waals surface area contributed by atoms with Gasteiger partial charge in [0, 0.05) is 5.56 Å². The Balaban J connectivity index is 1.61. The second-order valence-electron chi connectivity index (χ2n) is 4.76. The number of aromatic amines is 1. The number of imidazole rings is 1. The minimum atomic E-state index is 0.519. The van der Waals surface area contributed by atoms with Crippen LogP contribution >= 0.6 is 0 Å². The van der Waals surface area contributed by atoms with Crippen molar-refractivity contribution in [3.8, 4) is 11.5 Å². The largest absolute Gasteiger partial charge is 0.342 e. The Kier molecular flexibility index (Phi) is 2.74. The lowest BCUT2D eigenvalue weighted by molar-refractivity contribution is 0.423. The van der Waals surface area contributed by atoms with E-state index in [1.807, 2.05) is 54.6 Å². The van der Waals surface area contributed by atoms with E-state index in [-0.39, 0.29) is 0 Å². The molecule has 102 valence electrons. The molecule has 0 spiro atoms. The molecule has 5 nitrogen and oxygen atoms in total. The molecule has 2 aromatic heterocycles. The molecular formula is C16H12N4O. The molecule has 21 heavy (non-hydrogen) atoms. The number of benzene rings is 2. The van der Waals surface area contributed by atoms with E-state index in [0.717, 1.165) is 22.4 Å². The number of hydrogen-bond donors (Lipinski definition) is 1. The fraction of sp³-hybridized carbons (Fsp3) is 0.0625. The highest BCUT2D eigenvalue weighted by atomic mass is 16.5. The van der Waals surface area contributed by atoms with Gasteiger partial charge in [0.2, 0.25) is 0 Å². The summed E-state index contributed by atoms with van der Waals surface area (Å²) in [6, 6.07) is 17.6. The van der Waals surface area contributed by atoms with Crippen LogP contribution in [-0.4, -0.2) is 20.1 Å². The normalized spacial score (nSPS) is 11.0. The Morgan fingerprint density at radius 2 is 1.71 bits per heavy atom. The number of fused-ring (bicyclic) bond motifs is 1. The third kappa shape index (κ3) is 2.29. The number of aromatic nitrogens is 4. The minimum absolute atomic E-state index is 0.519. The summed E-state index contributed by atoms with van der Waals surface area (Å²) in [5.74, 6) is 1.98. The summed E-state index contributed by atoms with van der Waals surface area (Å²) in [6.45, 7) is 0. The van der Waals surface area contributed by atoms with Crippen LogP contribution in [0.2, 0.25) is 0 Å². The molecule has 0 unspecified atom stereocenters. The Morgan fingerprint density at radius 3 is 2.57 bits per heavy atom. The molecule has 2 aromatic carbocycles. The van der Waals surface area contributed by atoms with Crippen LogP contribution in [0.3, 0.4) is 0 Å². The van der Waals surface area contributed by atoms with Gasteiger partial charge in [-0.1, -0.05) is 35.5 Å². The van der Waals surface area contributed by atoms with E-state index < -0.39 is 0 Å². The molecule has 2 heterocycles. The van der Waals surface area contributed by atoms with Crippen LogP contribution in [0.4, 0.5) is 0 Å². The van der Waals surface area contributed by atoms with E-state index in [0.29, 0.717) is 18.1 Å². The second-order valence-corrected chi connectivity index (χ2v) is 4.76. The molecule has 4 rings (SSSR count). The number of nitrogens with one attached hydrogen (secondary N) is 1. The first-order valence-electron chi connectivity index (χ1n) is 6.70. The first-order chi connectivity index (χ1) is 10.4. The number of nitrogens with zero attached hydrogens (tertiary/aromatic N) is 3. The lowest BCUT2D eigenvalue weighted by Crippen LogP contribution is -1.92. The fourth-order valence-electron chi connectivity index (χ4n) is 2.26. The molecule has 0 bridgehead atoms. The Hall–Kier alpha value is -2.95. The first-order valence-corrected chi connectivity index (χ1v) is 6.70. The van der Waals surface area contributed by atoms with Gasteiger partial charge in [-0.2, -0.15) is 4.98 Å². The van der Waals surface area contributed by atoms with Gasteiger partial charge in [0.05, 0.1) is 17.5 Å². The Labute approximate surface area is 120 Å². The van der Waals surface area contributed by atoms with Crippen molar-refractivity contribution in [2.45, 2.75) is 6.42 Å². The summed E-state index contributed by atoms with van der Waals surface area (Å²) in [5, 5.41) is 4.01. The summed E-state index contributed by atoms with van der Waals surface area (Å²) >= 11 is 0. The van der Waals surface area contributed by atoms with Gasteiger partial charge in [-0.3, -0.25) is 0 Å². The van der Waals surface area contributed by atoms with Gasteiger partial charge in [-0.25, -0.2) is 4.98 Å². The molecule has 0 aliphatic rings. The van der Waals surface area contributed by atoms with Crippen LogP contribution < -0.4 is 0 Å². The van der Waals surface area contributed by atoms with Crippen molar-refractivity contribution < 1.29 is 4.52 Å². The Morgan fingerprint density at radius 1 is 0.905 bits per heavy atom. The maximum absolute atomic E-state index is 5.29. The van der Waals surface area contributed by atoms with Crippen LogP contribution in [-0.2, 0) is 6.42 Å². The van der Waals surface area contributed by atoms with Crippen molar-refractivity contribution >= 4 is 11.0 Å². The quantitative estimate of drug-likeness (QED) is 0.624. The van der Waals surface area contributed by atoms with Gasteiger partial charge in [0.15, 0.2) is 5.82 Å². The molecular weight excluding hydrogens is 264 g/mol. The minimum Gasteiger partial charge on any atom is -0.342 e. The van der Waals surface area contributed by atoms with E-state index >= 15 is 0 Å². The van der Waals surface area contributed by atoms with Gasteiger partial charge >= 0.3 is 0 Å². The SMILES string of the molecule is c1ccc(-c2nc(Cc3nc4ccccc4[nH]3)no2)cc1. The lowest BCUT2D eigenvalue weighted by atomic mass is 10.2. The van der Waals surface area contributed by atoms with Crippen LogP contribution in [0, 0.1) is 0 Å². The third-order valence-electron chi connectivity index (χ3n) is 3.25. The topological polar surface area (TPSA) is 67.6 Å². The summed E-state index contributed by atoms with van der Waals surface area (Å²) < 4.78 is 5.29. The smallest absolute Gasteiger partial charge is 0.257 e. The first kappa shape index (κ1) is 11.8. The number of rotatable bonds is 3. The van der Waals surface area contributed by atoms with Crippen LogP contribution in [0.25, 0.3) is 22.5 Å². The zero-order chi connectivity index (χ0) is 14.1. The predicted molar refractivity (Wildman–Crippen MR) is 78.6 cm³/mol. The van der Waals surface area contributed by atoms with Gasteiger partial charge < -0.3 is 9.51 Å². The predicted octanol–water partition coefficient (Wildman–Crippen LogP) is 3.20. The molecule has 0 radical (unpaired) electrons. The van der Waals surface area contributed by atoms with Crippen molar-refractivity contribution in [3.05, 3.63) is 66.2 Å². The maximum Gasteiger partial charge on any atom is 0.257 e. The standard InChI is InChI=1S/C16H12N4O/c1-2-6-11(7-3-1)16-19-15(20-21-16)10-14-17-12-8-4-5-9-13(12)18-14/h1-9H,10H2,(H,17,18). The summed E-state index contributed by atoms with van der Waals surface area (Å²) in [4.78, 5) is 12.2. The third-order valence-corrected chi connectivity index (χ3v) is 3.25. The molecule has 0 aliphatic carbocycles. The van der Waals surface area contributed by atoms with Crippen molar-refractivity contribution in [3.63, 3.8) is 0 Å². The zero-order valence-electron chi connectivity index (χ0n) is 11.2. The molecule has 0 atom stereocenters. The highest BCUT2D eigenvalue weighted by molar-refractivity contribution is 5.74. The molecule has 0 amide bonds. The molecule has 0 saturated carbocycles. The van der Waals surface area contributed by atoms with E-state index in [1.54, 1.807) is 0 Å². The van der Waals surface area contributed by atoms with E-state index in [9.17, 15) is 0 Å². The lowest BCUT2D eigenvalue weighted by Gasteiger charge is -1.90. The van der Waals surface area contributed by atoms with Gasteiger partial charge in [-0.05, 0) is 24.3 Å². The van der Waals surface area contributed by atoms with E-state index in [4.69, 9.17) is 4.52 Å². The van der Waals surface area contributed by atoms with Crippen LogP contribution in [0.15, 0.2) is 59.1 Å².